The second kappa shape index (κ2) is 11.3. The van der Waals surface area contributed by atoms with Crippen LogP contribution >= 0.6 is 23.2 Å². The van der Waals surface area contributed by atoms with Gasteiger partial charge in [0.2, 0.25) is 5.91 Å². The van der Waals surface area contributed by atoms with Crippen molar-refractivity contribution in [1.82, 2.24) is 14.9 Å². The molecule has 2 bridgehead atoms. The number of nitrogens with one attached hydrogen (secondary N) is 1. The van der Waals surface area contributed by atoms with Crippen molar-refractivity contribution in [2.45, 2.75) is 50.3 Å². The summed E-state index contributed by atoms with van der Waals surface area (Å²) in [5.74, 6) is 0.578. The molecule has 2 aromatic carbocycles. The minimum absolute atomic E-state index is 0.00558. The average Bonchev–Trinajstić information content (AvgIpc) is 3.19. The molecule has 5 rings (SSSR count). The minimum atomic E-state index is -0.692. The number of aromatic nitrogens is 2. The quantitative estimate of drug-likeness (QED) is 0.198. The van der Waals surface area contributed by atoms with Gasteiger partial charge in [-0.05, 0) is 37.1 Å². The number of amides is 1. The van der Waals surface area contributed by atoms with Crippen molar-refractivity contribution < 1.29 is 23.8 Å². The maximum Gasteiger partial charge on any atom is 0.246 e. The molecule has 3 aromatic rings. The van der Waals surface area contributed by atoms with Crippen molar-refractivity contribution in [3.05, 3.63) is 59.1 Å². The lowest BCUT2D eigenvalue weighted by molar-refractivity contribution is -0.131. The molecule has 0 aliphatic carbocycles. The summed E-state index contributed by atoms with van der Waals surface area (Å²) in [4.78, 5) is 22.9. The molecule has 3 atom stereocenters. The number of hydrogen-bond donors (Lipinski definition) is 2. The molecule has 0 saturated carbocycles. The van der Waals surface area contributed by atoms with Crippen molar-refractivity contribution in [2.24, 2.45) is 0 Å². The summed E-state index contributed by atoms with van der Waals surface area (Å²) < 4.78 is 27.2. The second-order valence-corrected chi connectivity index (χ2v) is 10.1. The van der Waals surface area contributed by atoms with Crippen molar-refractivity contribution in [3.63, 3.8) is 0 Å². The van der Waals surface area contributed by atoms with E-state index in [1.54, 1.807) is 12.1 Å². The molecule has 2 N–H and O–H groups in total. The Morgan fingerprint density at radius 3 is 2.68 bits per heavy atom. The number of carbonyl (C=O) groups excluding carboxylic acids is 1. The average molecular weight is 561 g/mol. The van der Waals surface area contributed by atoms with Gasteiger partial charge in [0.05, 0.1) is 27.9 Å². The van der Waals surface area contributed by atoms with Crippen LogP contribution in [-0.4, -0.2) is 57.3 Å². The van der Waals surface area contributed by atoms with Crippen LogP contribution in [0, 0.1) is 5.82 Å². The lowest BCUT2D eigenvalue weighted by Gasteiger charge is -2.38. The van der Waals surface area contributed by atoms with E-state index in [4.69, 9.17) is 32.7 Å². The lowest BCUT2D eigenvalue weighted by Crippen LogP contribution is -2.48. The molecule has 2 fully saturated rings. The highest BCUT2D eigenvalue weighted by Crippen LogP contribution is 2.41. The van der Waals surface area contributed by atoms with Crippen LogP contribution in [0.25, 0.3) is 10.9 Å². The number of aliphatic hydroxyl groups excluding tert-OH is 1. The van der Waals surface area contributed by atoms with E-state index < -0.39 is 5.82 Å². The second-order valence-electron chi connectivity index (χ2n) is 9.36. The number of piperidine rings is 1. The number of rotatable bonds is 9. The largest absolute Gasteiger partial charge is 0.490 e. The molecule has 1 amide bonds. The smallest absolute Gasteiger partial charge is 0.246 e. The van der Waals surface area contributed by atoms with E-state index in [2.05, 4.69) is 21.9 Å². The van der Waals surface area contributed by atoms with Crippen LogP contribution in [0.1, 0.15) is 32.1 Å². The predicted molar refractivity (Wildman–Crippen MR) is 144 cm³/mol. The van der Waals surface area contributed by atoms with Crippen molar-refractivity contribution in [1.29, 1.82) is 0 Å². The Balaban J connectivity index is 1.47. The number of nitrogens with zero attached hydrogens (tertiary/aromatic N) is 3. The minimum Gasteiger partial charge on any atom is -0.490 e. The number of hydrogen-bond acceptors (Lipinski definition) is 7. The Bertz CT molecular complexity index is 1360. The van der Waals surface area contributed by atoms with Crippen LogP contribution in [-0.2, 0) is 4.79 Å². The first kappa shape index (κ1) is 26.5. The van der Waals surface area contributed by atoms with E-state index in [1.807, 2.05) is 4.90 Å². The Labute approximate surface area is 229 Å². The fraction of sp³-hybridized carbons (Fsp3) is 0.370. The zero-order chi connectivity index (χ0) is 26.8. The van der Waals surface area contributed by atoms with E-state index in [9.17, 15) is 14.3 Å². The lowest BCUT2D eigenvalue weighted by atomic mass is 9.99. The molecular weight excluding hydrogens is 534 g/mol. The summed E-state index contributed by atoms with van der Waals surface area (Å²) in [5.41, 5.74) is 0.668. The van der Waals surface area contributed by atoms with Gasteiger partial charge in [-0.15, -0.1) is 0 Å². The van der Waals surface area contributed by atoms with Gasteiger partial charge in [0.1, 0.15) is 18.2 Å². The molecule has 2 aliphatic heterocycles. The highest BCUT2D eigenvalue weighted by molar-refractivity contribution is 6.42. The fourth-order valence-electron chi connectivity index (χ4n) is 5.23. The van der Waals surface area contributed by atoms with Crippen molar-refractivity contribution in [2.75, 3.05) is 18.5 Å². The maximum absolute atomic E-state index is 14.7. The zero-order valence-corrected chi connectivity index (χ0v) is 22.0. The fourth-order valence-corrected chi connectivity index (χ4v) is 5.54. The van der Waals surface area contributed by atoms with Gasteiger partial charge in [-0.2, -0.15) is 0 Å². The van der Waals surface area contributed by atoms with E-state index in [-0.39, 0.29) is 46.4 Å². The number of fused-ring (bicyclic) bond motifs is 3. The Morgan fingerprint density at radius 2 is 1.97 bits per heavy atom. The molecule has 1 aromatic heterocycles. The molecular formula is C27H27Cl2FN4O4. The van der Waals surface area contributed by atoms with Crippen LogP contribution in [0.2, 0.25) is 10.0 Å². The van der Waals surface area contributed by atoms with Crippen LogP contribution < -0.4 is 14.8 Å². The van der Waals surface area contributed by atoms with Gasteiger partial charge in [-0.1, -0.05) is 29.8 Å². The molecule has 200 valence electrons. The molecule has 38 heavy (non-hydrogen) atoms. The Morgan fingerprint density at radius 1 is 1.21 bits per heavy atom. The topological polar surface area (TPSA) is 96.8 Å². The van der Waals surface area contributed by atoms with Crippen LogP contribution in [0.3, 0.4) is 0 Å². The molecule has 0 spiro atoms. The Kier molecular flexibility index (Phi) is 7.88. The van der Waals surface area contributed by atoms with E-state index in [0.29, 0.717) is 54.1 Å². The van der Waals surface area contributed by atoms with Gasteiger partial charge in [-0.25, -0.2) is 14.4 Å². The molecule has 8 nitrogen and oxygen atoms in total. The molecule has 0 radical (unpaired) electrons. The first-order valence-corrected chi connectivity index (χ1v) is 13.2. The van der Waals surface area contributed by atoms with E-state index >= 15 is 0 Å². The van der Waals surface area contributed by atoms with Gasteiger partial charge in [0.25, 0.3) is 0 Å². The molecule has 0 unspecified atom stereocenters. The number of anilines is 2. The number of benzene rings is 2. The van der Waals surface area contributed by atoms with Crippen molar-refractivity contribution >= 4 is 51.5 Å². The van der Waals surface area contributed by atoms with E-state index in [1.165, 1.54) is 24.5 Å². The van der Waals surface area contributed by atoms with Gasteiger partial charge in [0, 0.05) is 49.4 Å². The third-order valence-corrected chi connectivity index (χ3v) is 7.74. The van der Waals surface area contributed by atoms with Crippen LogP contribution in [0.4, 0.5) is 15.9 Å². The molecule has 2 saturated heterocycles. The summed E-state index contributed by atoms with van der Waals surface area (Å²) in [5, 5.41) is 12.7. The SMILES string of the molecule is C=CC(=O)N1[C@@H]2CC[C@H]1C[C@@H](Oc1cc3c(Nc4ccc(Cl)c(Cl)c4F)ncnc3cc1OCCCO)C2. The third kappa shape index (κ3) is 5.23. The van der Waals surface area contributed by atoms with Gasteiger partial charge < -0.3 is 24.8 Å². The molecule has 2 aliphatic rings. The maximum atomic E-state index is 14.7. The summed E-state index contributed by atoms with van der Waals surface area (Å²) in [6.45, 7) is 3.92. The molecule has 3 heterocycles. The standard InChI is InChI=1S/C27H27Cl2FN4O4/c1-2-24(36)34-15-4-5-16(34)11-17(10-15)38-23-12-18-21(13-22(23)37-9-3-8-35)31-14-32-27(18)33-20-7-6-19(28)25(29)26(20)30/h2,6-7,12-17,35H,1,3-5,8-11H2,(H,31,32,33)/t15-,16+,17+. The summed E-state index contributed by atoms with van der Waals surface area (Å²) in [6.07, 6.45) is 6.29. The first-order valence-electron chi connectivity index (χ1n) is 12.4. The molecule has 11 heteroatoms. The van der Waals surface area contributed by atoms with Gasteiger partial charge in [-0.3, -0.25) is 4.79 Å². The number of halogens is 3. The van der Waals surface area contributed by atoms with Crippen LogP contribution in [0.15, 0.2) is 43.2 Å². The summed E-state index contributed by atoms with van der Waals surface area (Å²) in [6, 6.07) is 6.69. The zero-order valence-electron chi connectivity index (χ0n) is 20.5. The summed E-state index contributed by atoms with van der Waals surface area (Å²) >= 11 is 11.9. The Hall–Kier alpha value is -3.14. The van der Waals surface area contributed by atoms with Gasteiger partial charge in [0.15, 0.2) is 17.3 Å². The number of aliphatic hydroxyl groups is 1. The number of carbonyl (C=O) groups is 1. The number of ether oxygens (including phenoxy) is 2. The van der Waals surface area contributed by atoms with Gasteiger partial charge >= 0.3 is 0 Å². The van der Waals surface area contributed by atoms with E-state index in [0.717, 1.165) is 12.8 Å². The highest BCUT2D eigenvalue weighted by Gasteiger charge is 2.43. The van der Waals surface area contributed by atoms with Crippen molar-refractivity contribution in [3.8, 4) is 11.5 Å². The third-order valence-electron chi connectivity index (χ3n) is 6.96. The normalized spacial score (nSPS) is 20.4. The highest BCUT2D eigenvalue weighted by atomic mass is 35.5. The summed E-state index contributed by atoms with van der Waals surface area (Å²) in [7, 11) is 0. The monoisotopic (exact) mass is 560 g/mol. The first-order chi connectivity index (χ1) is 18.4. The van der Waals surface area contributed by atoms with Crippen LogP contribution in [0.5, 0.6) is 11.5 Å². The predicted octanol–water partition coefficient (Wildman–Crippen LogP) is 5.67.